The fourth-order valence-corrected chi connectivity index (χ4v) is 1.98. The van der Waals surface area contributed by atoms with E-state index in [1.54, 1.807) is 6.20 Å². The van der Waals surface area contributed by atoms with Crippen molar-refractivity contribution in [2.75, 3.05) is 17.7 Å². The second kappa shape index (κ2) is 5.73. The topological polar surface area (TPSA) is 60.2 Å². The van der Waals surface area contributed by atoms with Crippen LogP contribution in [0.2, 0.25) is 0 Å². The number of nitrogens with one attached hydrogen (secondary N) is 1. The molecule has 2 aromatic rings. The Bertz CT molecular complexity index is 546. The van der Waals surface area contributed by atoms with Crippen LogP contribution in [-0.2, 0) is 0 Å². The van der Waals surface area contributed by atoms with Gasteiger partial charge in [-0.3, -0.25) is 0 Å². The molecule has 0 amide bonds. The zero-order valence-corrected chi connectivity index (χ0v) is 11.6. The standard InChI is InChI=1S/C13H14BrN3O/c1-2-18-11-5-3-4-10(7-11)17-13-12(14)6-9(15)8-16-13/h3-8H,2,15H2,1H3,(H,16,17). The third-order valence-corrected chi connectivity index (χ3v) is 2.87. The predicted octanol–water partition coefficient (Wildman–Crippen LogP) is 3.57. The van der Waals surface area contributed by atoms with Gasteiger partial charge < -0.3 is 15.8 Å². The number of hydrogen-bond donors (Lipinski definition) is 2. The number of anilines is 3. The van der Waals surface area contributed by atoms with E-state index in [1.807, 2.05) is 37.3 Å². The lowest BCUT2D eigenvalue weighted by Gasteiger charge is -2.09. The Labute approximate surface area is 114 Å². The summed E-state index contributed by atoms with van der Waals surface area (Å²) in [4.78, 5) is 4.22. The lowest BCUT2D eigenvalue weighted by atomic mass is 10.3. The van der Waals surface area contributed by atoms with E-state index in [0.717, 1.165) is 21.7 Å². The molecule has 0 radical (unpaired) electrons. The summed E-state index contributed by atoms with van der Waals surface area (Å²) in [5.74, 6) is 1.55. The van der Waals surface area contributed by atoms with Crippen LogP contribution in [0.4, 0.5) is 17.2 Å². The first-order valence-corrected chi connectivity index (χ1v) is 6.39. The summed E-state index contributed by atoms with van der Waals surface area (Å²) in [6.45, 7) is 2.60. The van der Waals surface area contributed by atoms with Crippen LogP contribution in [0.3, 0.4) is 0 Å². The van der Waals surface area contributed by atoms with Crippen LogP contribution in [0.1, 0.15) is 6.92 Å². The van der Waals surface area contributed by atoms with Gasteiger partial charge in [-0.2, -0.15) is 0 Å². The van der Waals surface area contributed by atoms with Crippen LogP contribution < -0.4 is 15.8 Å². The van der Waals surface area contributed by atoms with Gasteiger partial charge in [0.25, 0.3) is 0 Å². The quantitative estimate of drug-likeness (QED) is 0.906. The average Bonchev–Trinajstić information content (AvgIpc) is 2.34. The van der Waals surface area contributed by atoms with E-state index in [-0.39, 0.29) is 0 Å². The van der Waals surface area contributed by atoms with E-state index >= 15 is 0 Å². The summed E-state index contributed by atoms with van der Waals surface area (Å²) < 4.78 is 6.26. The van der Waals surface area contributed by atoms with Gasteiger partial charge in [-0.15, -0.1) is 0 Å². The van der Waals surface area contributed by atoms with Gasteiger partial charge >= 0.3 is 0 Å². The van der Waals surface area contributed by atoms with Gasteiger partial charge in [0, 0.05) is 11.8 Å². The fraction of sp³-hybridized carbons (Fsp3) is 0.154. The first kappa shape index (κ1) is 12.7. The highest BCUT2D eigenvalue weighted by Gasteiger charge is 2.03. The van der Waals surface area contributed by atoms with Gasteiger partial charge in [-0.05, 0) is 41.1 Å². The molecule has 0 aliphatic rings. The third-order valence-electron chi connectivity index (χ3n) is 2.27. The summed E-state index contributed by atoms with van der Waals surface area (Å²) in [7, 11) is 0. The molecule has 0 aliphatic carbocycles. The largest absolute Gasteiger partial charge is 0.494 e. The number of aromatic nitrogens is 1. The molecule has 0 unspecified atom stereocenters. The third kappa shape index (κ3) is 3.13. The highest BCUT2D eigenvalue weighted by Crippen LogP contribution is 2.26. The molecule has 3 N–H and O–H groups in total. The van der Waals surface area contributed by atoms with Gasteiger partial charge in [-0.25, -0.2) is 4.98 Å². The zero-order valence-electron chi connectivity index (χ0n) is 9.98. The Hall–Kier alpha value is -1.75. The maximum Gasteiger partial charge on any atom is 0.144 e. The SMILES string of the molecule is CCOc1cccc(Nc2ncc(N)cc2Br)c1. The number of pyridine rings is 1. The fourth-order valence-electron chi connectivity index (χ4n) is 1.51. The minimum atomic E-state index is 0.621. The van der Waals surface area contributed by atoms with E-state index in [1.165, 1.54) is 0 Å². The molecule has 0 fully saturated rings. The normalized spacial score (nSPS) is 10.1. The molecular weight excluding hydrogens is 294 g/mol. The molecule has 1 aromatic carbocycles. The van der Waals surface area contributed by atoms with Crippen molar-refractivity contribution in [3.8, 4) is 5.75 Å². The van der Waals surface area contributed by atoms with E-state index in [0.29, 0.717) is 12.3 Å². The number of nitrogens with two attached hydrogens (primary N) is 1. The van der Waals surface area contributed by atoms with Crippen molar-refractivity contribution in [2.45, 2.75) is 6.92 Å². The monoisotopic (exact) mass is 307 g/mol. The molecule has 0 bridgehead atoms. The maximum atomic E-state index is 5.64. The van der Waals surface area contributed by atoms with Crippen LogP contribution in [0.15, 0.2) is 41.0 Å². The Balaban J connectivity index is 2.20. The minimum absolute atomic E-state index is 0.621. The van der Waals surface area contributed by atoms with Gasteiger partial charge in [0.15, 0.2) is 0 Å². The van der Waals surface area contributed by atoms with Crippen molar-refractivity contribution in [3.05, 3.63) is 41.0 Å². The van der Waals surface area contributed by atoms with Crippen molar-refractivity contribution < 1.29 is 4.74 Å². The highest BCUT2D eigenvalue weighted by atomic mass is 79.9. The van der Waals surface area contributed by atoms with Crippen molar-refractivity contribution >= 4 is 33.1 Å². The van der Waals surface area contributed by atoms with Crippen molar-refractivity contribution in [1.82, 2.24) is 4.98 Å². The van der Waals surface area contributed by atoms with Crippen molar-refractivity contribution in [3.63, 3.8) is 0 Å². The summed E-state index contributed by atoms with van der Waals surface area (Å²) >= 11 is 3.42. The maximum absolute atomic E-state index is 5.64. The summed E-state index contributed by atoms with van der Waals surface area (Å²) in [6, 6.07) is 9.53. The Kier molecular flexibility index (Phi) is 4.04. The first-order chi connectivity index (χ1) is 8.69. The first-order valence-electron chi connectivity index (χ1n) is 5.60. The molecule has 0 atom stereocenters. The lowest BCUT2D eigenvalue weighted by molar-refractivity contribution is 0.340. The molecular formula is C13H14BrN3O. The molecule has 0 aliphatic heterocycles. The molecule has 1 heterocycles. The van der Waals surface area contributed by atoms with Gasteiger partial charge in [0.1, 0.15) is 11.6 Å². The van der Waals surface area contributed by atoms with Crippen LogP contribution >= 0.6 is 15.9 Å². The van der Waals surface area contributed by atoms with Gasteiger partial charge in [-0.1, -0.05) is 6.07 Å². The van der Waals surface area contributed by atoms with E-state index in [2.05, 4.69) is 26.2 Å². The van der Waals surface area contributed by atoms with Gasteiger partial charge in [0.05, 0.1) is 23.0 Å². The Morgan fingerprint density at radius 3 is 2.94 bits per heavy atom. The highest BCUT2D eigenvalue weighted by molar-refractivity contribution is 9.10. The summed E-state index contributed by atoms with van der Waals surface area (Å²) in [5, 5.41) is 3.20. The molecule has 1 aromatic heterocycles. The van der Waals surface area contributed by atoms with Crippen LogP contribution in [0.5, 0.6) is 5.75 Å². The van der Waals surface area contributed by atoms with Gasteiger partial charge in [0.2, 0.25) is 0 Å². The van der Waals surface area contributed by atoms with Crippen LogP contribution in [0, 0.1) is 0 Å². The number of hydrogen-bond acceptors (Lipinski definition) is 4. The molecule has 2 rings (SSSR count). The minimum Gasteiger partial charge on any atom is -0.494 e. The molecule has 94 valence electrons. The average molecular weight is 308 g/mol. The zero-order chi connectivity index (χ0) is 13.0. The molecule has 0 saturated carbocycles. The lowest BCUT2D eigenvalue weighted by Crippen LogP contribution is -1.97. The number of nitrogens with zero attached hydrogens (tertiary/aromatic N) is 1. The molecule has 0 spiro atoms. The second-order valence-corrected chi connectivity index (χ2v) is 4.54. The number of rotatable bonds is 4. The molecule has 5 heteroatoms. The van der Waals surface area contributed by atoms with E-state index < -0.39 is 0 Å². The van der Waals surface area contributed by atoms with E-state index in [9.17, 15) is 0 Å². The van der Waals surface area contributed by atoms with Crippen molar-refractivity contribution in [2.24, 2.45) is 0 Å². The van der Waals surface area contributed by atoms with Crippen molar-refractivity contribution in [1.29, 1.82) is 0 Å². The Morgan fingerprint density at radius 2 is 2.22 bits per heavy atom. The molecule has 0 saturated heterocycles. The number of ether oxygens (including phenoxy) is 1. The number of nitrogen functional groups attached to an aromatic ring is 1. The molecule has 18 heavy (non-hydrogen) atoms. The second-order valence-electron chi connectivity index (χ2n) is 3.68. The Morgan fingerprint density at radius 1 is 1.39 bits per heavy atom. The summed E-state index contributed by atoms with van der Waals surface area (Å²) in [6.07, 6.45) is 1.61. The predicted molar refractivity (Wildman–Crippen MR) is 77.2 cm³/mol. The number of halogens is 1. The van der Waals surface area contributed by atoms with Crippen LogP contribution in [0.25, 0.3) is 0 Å². The smallest absolute Gasteiger partial charge is 0.144 e. The van der Waals surface area contributed by atoms with Crippen LogP contribution in [-0.4, -0.2) is 11.6 Å². The molecule has 4 nitrogen and oxygen atoms in total. The number of benzene rings is 1. The van der Waals surface area contributed by atoms with E-state index in [4.69, 9.17) is 10.5 Å². The summed E-state index contributed by atoms with van der Waals surface area (Å²) in [5.41, 5.74) is 7.18.